The summed E-state index contributed by atoms with van der Waals surface area (Å²) < 4.78 is 25.2. The Morgan fingerprint density at radius 1 is 1.45 bits per heavy atom. The highest BCUT2D eigenvalue weighted by Crippen LogP contribution is 2.24. The van der Waals surface area contributed by atoms with Gasteiger partial charge >= 0.3 is 0 Å². The maximum absolute atomic E-state index is 11.9. The highest BCUT2D eigenvalue weighted by molar-refractivity contribution is 7.88. The quantitative estimate of drug-likeness (QED) is 0.632. The van der Waals surface area contributed by atoms with Gasteiger partial charge in [-0.3, -0.25) is 4.79 Å². The molecule has 0 unspecified atom stereocenters. The lowest BCUT2D eigenvalue weighted by Gasteiger charge is -2.31. The fraction of sp³-hybridized carbons (Fsp3) is 0.571. The first kappa shape index (κ1) is 17.1. The summed E-state index contributed by atoms with van der Waals surface area (Å²) in [7, 11) is -3.41. The molecule has 1 amide bonds. The molecule has 0 radical (unpaired) electrons. The average molecular weight is 343 g/mol. The van der Waals surface area contributed by atoms with Crippen molar-refractivity contribution in [3.8, 4) is 0 Å². The van der Waals surface area contributed by atoms with Crippen LogP contribution in [0.15, 0.2) is 22.6 Å². The van der Waals surface area contributed by atoms with Crippen molar-refractivity contribution in [1.29, 1.82) is 0 Å². The summed E-state index contributed by atoms with van der Waals surface area (Å²) >= 11 is 1.51. The van der Waals surface area contributed by atoms with Crippen LogP contribution in [-0.2, 0) is 14.8 Å². The number of amides is 1. The maximum atomic E-state index is 11.9. The molecule has 1 aliphatic carbocycles. The zero-order valence-electron chi connectivity index (χ0n) is 12.6. The lowest BCUT2D eigenvalue weighted by atomic mass is 9.95. The van der Waals surface area contributed by atoms with Gasteiger partial charge in [-0.15, -0.1) is 11.3 Å². The number of thiophene rings is 1. The molecule has 0 aliphatic heterocycles. The van der Waals surface area contributed by atoms with Crippen molar-refractivity contribution >= 4 is 33.5 Å². The van der Waals surface area contributed by atoms with Gasteiger partial charge in [-0.2, -0.15) is 9.41 Å². The Balaban J connectivity index is 1.93. The lowest BCUT2D eigenvalue weighted by Crippen LogP contribution is -2.45. The van der Waals surface area contributed by atoms with E-state index in [0.29, 0.717) is 0 Å². The van der Waals surface area contributed by atoms with Gasteiger partial charge in [0, 0.05) is 10.9 Å². The number of carbonyl (C=O) groups excluding carboxylic acids is 1. The highest BCUT2D eigenvalue weighted by Gasteiger charge is 2.29. The Hall–Kier alpha value is -1.25. The normalized spacial score (nSPS) is 17.2. The van der Waals surface area contributed by atoms with Crippen LogP contribution in [0.25, 0.3) is 0 Å². The minimum Gasteiger partial charge on any atom is -0.272 e. The van der Waals surface area contributed by atoms with Crippen LogP contribution in [-0.4, -0.2) is 43.7 Å². The van der Waals surface area contributed by atoms with Gasteiger partial charge in [0.25, 0.3) is 5.91 Å². The molecule has 0 bridgehead atoms. The van der Waals surface area contributed by atoms with Crippen LogP contribution >= 0.6 is 11.3 Å². The Kier molecular flexibility index (Phi) is 6.10. The first-order valence-corrected chi connectivity index (χ1v) is 10.0. The number of sulfonamides is 1. The number of nitrogens with one attached hydrogen (secondary N) is 1. The summed E-state index contributed by atoms with van der Waals surface area (Å²) in [5, 5.41) is 5.77. The van der Waals surface area contributed by atoms with E-state index in [2.05, 4.69) is 10.5 Å². The predicted molar refractivity (Wildman–Crippen MR) is 88.5 cm³/mol. The van der Waals surface area contributed by atoms with Crippen LogP contribution in [0.2, 0.25) is 0 Å². The molecule has 1 N–H and O–H groups in total. The van der Waals surface area contributed by atoms with E-state index in [9.17, 15) is 13.2 Å². The molecule has 0 saturated heterocycles. The van der Waals surface area contributed by atoms with E-state index < -0.39 is 15.9 Å². The van der Waals surface area contributed by atoms with Crippen molar-refractivity contribution in [2.24, 2.45) is 5.10 Å². The molecule has 1 heterocycles. The second-order valence-corrected chi connectivity index (χ2v) is 8.32. The van der Waals surface area contributed by atoms with Gasteiger partial charge in [-0.25, -0.2) is 13.8 Å². The fourth-order valence-electron chi connectivity index (χ4n) is 2.60. The minimum absolute atomic E-state index is 0.0734. The Labute approximate surface area is 135 Å². The molecule has 2 rings (SSSR count). The monoisotopic (exact) mass is 343 g/mol. The first-order valence-electron chi connectivity index (χ1n) is 7.29. The third-order valence-electron chi connectivity index (χ3n) is 3.63. The molecule has 122 valence electrons. The number of carbonyl (C=O) groups is 1. The minimum atomic E-state index is -3.41. The fourth-order valence-corrected chi connectivity index (χ4v) is 4.28. The highest BCUT2D eigenvalue weighted by atomic mass is 32.2. The van der Waals surface area contributed by atoms with E-state index in [4.69, 9.17) is 0 Å². The SMILES string of the molecule is CS(=O)(=O)N(CC(=O)NN=Cc1cccs1)C1CCCCC1. The summed E-state index contributed by atoms with van der Waals surface area (Å²) in [6, 6.07) is 3.70. The Morgan fingerprint density at radius 2 is 2.18 bits per heavy atom. The Bertz CT molecular complexity index is 605. The van der Waals surface area contributed by atoms with E-state index in [1.165, 1.54) is 15.6 Å². The summed E-state index contributed by atoms with van der Waals surface area (Å²) in [6.07, 6.45) is 7.49. The van der Waals surface area contributed by atoms with Crippen molar-refractivity contribution in [1.82, 2.24) is 9.73 Å². The smallest absolute Gasteiger partial charge is 0.255 e. The molecule has 1 saturated carbocycles. The van der Waals surface area contributed by atoms with Gasteiger partial charge in [0.1, 0.15) is 0 Å². The van der Waals surface area contributed by atoms with Gasteiger partial charge in [-0.1, -0.05) is 25.3 Å². The largest absolute Gasteiger partial charge is 0.272 e. The average Bonchev–Trinajstić information content (AvgIpc) is 2.98. The molecule has 1 aromatic heterocycles. The van der Waals surface area contributed by atoms with E-state index >= 15 is 0 Å². The molecule has 22 heavy (non-hydrogen) atoms. The van der Waals surface area contributed by atoms with Crippen LogP contribution in [0.5, 0.6) is 0 Å². The van der Waals surface area contributed by atoms with E-state index in [1.807, 2.05) is 17.5 Å². The zero-order valence-corrected chi connectivity index (χ0v) is 14.2. The van der Waals surface area contributed by atoms with Crippen LogP contribution in [0.4, 0.5) is 0 Å². The van der Waals surface area contributed by atoms with E-state index in [0.717, 1.165) is 43.2 Å². The summed E-state index contributed by atoms with van der Waals surface area (Å²) in [5.41, 5.74) is 2.39. The predicted octanol–water partition coefficient (Wildman–Crippen LogP) is 1.79. The van der Waals surface area contributed by atoms with Crippen molar-refractivity contribution in [3.63, 3.8) is 0 Å². The molecular formula is C14H21N3O3S2. The maximum Gasteiger partial charge on any atom is 0.255 e. The number of hydrogen-bond acceptors (Lipinski definition) is 5. The number of hydrazone groups is 1. The molecule has 1 aliphatic rings. The summed E-state index contributed by atoms with van der Waals surface area (Å²) in [5.74, 6) is -0.413. The van der Waals surface area contributed by atoms with Gasteiger partial charge in [0.05, 0.1) is 19.0 Å². The molecular weight excluding hydrogens is 322 g/mol. The van der Waals surface area contributed by atoms with Crippen LogP contribution in [0.1, 0.15) is 37.0 Å². The van der Waals surface area contributed by atoms with Crippen LogP contribution in [0.3, 0.4) is 0 Å². The molecule has 1 aromatic rings. The van der Waals surface area contributed by atoms with Crippen LogP contribution in [0, 0.1) is 0 Å². The van der Waals surface area contributed by atoms with Gasteiger partial charge in [0.2, 0.25) is 10.0 Å². The van der Waals surface area contributed by atoms with Gasteiger partial charge in [0.15, 0.2) is 0 Å². The molecule has 1 fully saturated rings. The summed E-state index contributed by atoms with van der Waals surface area (Å²) in [6.45, 7) is -0.175. The summed E-state index contributed by atoms with van der Waals surface area (Å²) in [4.78, 5) is 12.9. The Morgan fingerprint density at radius 3 is 2.77 bits per heavy atom. The molecule has 6 nitrogen and oxygen atoms in total. The van der Waals surface area contributed by atoms with Crippen LogP contribution < -0.4 is 5.43 Å². The van der Waals surface area contributed by atoms with E-state index in [1.54, 1.807) is 6.21 Å². The van der Waals surface area contributed by atoms with Gasteiger partial charge in [-0.05, 0) is 24.3 Å². The first-order chi connectivity index (χ1) is 10.5. The molecule has 0 atom stereocenters. The van der Waals surface area contributed by atoms with Gasteiger partial charge < -0.3 is 0 Å². The zero-order chi connectivity index (χ0) is 16.0. The third kappa shape index (κ3) is 5.19. The third-order valence-corrected chi connectivity index (χ3v) is 5.72. The van der Waals surface area contributed by atoms with Crippen molar-refractivity contribution in [2.45, 2.75) is 38.1 Å². The second-order valence-electron chi connectivity index (χ2n) is 5.41. The second kappa shape index (κ2) is 7.85. The van der Waals surface area contributed by atoms with Crippen molar-refractivity contribution in [3.05, 3.63) is 22.4 Å². The van der Waals surface area contributed by atoms with Crippen molar-refractivity contribution in [2.75, 3.05) is 12.8 Å². The number of nitrogens with zero attached hydrogens (tertiary/aromatic N) is 2. The lowest BCUT2D eigenvalue weighted by molar-refractivity contribution is -0.121. The number of rotatable bonds is 6. The van der Waals surface area contributed by atoms with E-state index in [-0.39, 0.29) is 12.6 Å². The standard InChI is InChI=1S/C14H21N3O3S2/c1-22(19,20)17(12-6-3-2-4-7-12)11-14(18)16-15-10-13-8-5-9-21-13/h5,8-10,12H,2-4,6-7,11H2,1H3,(H,16,18). The van der Waals surface area contributed by atoms with Crippen molar-refractivity contribution < 1.29 is 13.2 Å². The topological polar surface area (TPSA) is 78.8 Å². The molecule has 8 heteroatoms. The number of hydrogen-bond donors (Lipinski definition) is 1. The molecule has 0 aromatic carbocycles. The molecule has 0 spiro atoms.